The fourth-order valence-corrected chi connectivity index (χ4v) is 1.68. The summed E-state index contributed by atoms with van der Waals surface area (Å²) >= 11 is 0. The minimum atomic E-state index is -0.530. The number of para-hydroxylation sites is 1. The first-order valence-electron chi connectivity index (χ1n) is 6.37. The molecule has 0 spiro atoms. The van der Waals surface area contributed by atoms with Crippen molar-refractivity contribution in [2.45, 2.75) is 20.0 Å². The molecule has 4 nitrogen and oxygen atoms in total. The number of rotatable bonds is 6. The first-order valence-corrected chi connectivity index (χ1v) is 6.37. The maximum atomic E-state index is 11.8. The van der Waals surface area contributed by atoms with Crippen molar-refractivity contribution >= 4 is 12.0 Å². The summed E-state index contributed by atoms with van der Waals surface area (Å²) in [7, 11) is 1.66. The molecule has 0 aliphatic heterocycles. The highest BCUT2D eigenvalue weighted by molar-refractivity contribution is 5.92. The van der Waals surface area contributed by atoms with E-state index in [1.54, 1.807) is 20.0 Å². The smallest absolute Gasteiger partial charge is 0.246 e. The van der Waals surface area contributed by atoms with Crippen LogP contribution in [0.4, 0.5) is 0 Å². The molecular formula is C15H21NO3. The van der Waals surface area contributed by atoms with Crippen LogP contribution in [0.3, 0.4) is 0 Å². The fourth-order valence-electron chi connectivity index (χ4n) is 1.68. The van der Waals surface area contributed by atoms with Gasteiger partial charge >= 0.3 is 0 Å². The van der Waals surface area contributed by atoms with Gasteiger partial charge in [0, 0.05) is 25.2 Å². The van der Waals surface area contributed by atoms with E-state index in [4.69, 9.17) is 4.74 Å². The average molecular weight is 263 g/mol. The average Bonchev–Trinajstić information content (AvgIpc) is 2.37. The van der Waals surface area contributed by atoms with E-state index in [0.717, 1.165) is 11.3 Å². The topological polar surface area (TPSA) is 49.8 Å². The Morgan fingerprint density at radius 3 is 2.79 bits per heavy atom. The summed E-state index contributed by atoms with van der Waals surface area (Å²) in [6, 6.07) is 7.55. The van der Waals surface area contributed by atoms with Crippen molar-refractivity contribution in [2.75, 3.05) is 20.2 Å². The second kappa shape index (κ2) is 7.59. The Balaban J connectivity index is 2.73. The number of ether oxygens (including phenoxy) is 1. The molecule has 1 rings (SSSR count). The highest BCUT2D eigenvalue weighted by Gasteiger charge is 2.07. The van der Waals surface area contributed by atoms with Gasteiger partial charge in [0.05, 0.1) is 12.7 Å². The maximum absolute atomic E-state index is 11.8. The molecule has 0 aromatic heterocycles. The van der Waals surface area contributed by atoms with E-state index in [0.29, 0.717) is 13.2 Å². The molecule has 0 bridgehead atoms. The minimum absolute atomic E-state index is 0.146. The SMILES string of the molecule is CCOc1ccccc1C=CC(=O)N(C)CC(C)O. The van der Waals surface area contributed by atoms with Crippen LogP contribution in [0.2, 0.25) is 0 Å². The van der Waals surface area contributed by atoms with Gasteiger partial charge in [-0.1, -0.05) is 18.2 Å². The lowest BCUT2D eigenvalue weighted by molar-refractivity contribution is -0.125. The van der Waals surface area contributed by atoms with Gasteiger partial charge in [0.15, 0.2) is 0 Å². The van der Waals surface area contributed by atoms with E-state index >= 15 is 0 Å². The lowest BCUT2D eigenvalue weighted by atomic mass is 10.2. The van der Waals surface area contributed by atoms with Crippen LogP contribution in [-0.2, 0) is 4.79 Å². The number of hydrogen-bond acceptors (Lipinski definition) is 3. The number of likely N-dealkylation sites (N-methyl/N-ethyl adjacent to an activating group) is 1. The number of aliphatic hydroxyl groups excluding tert-OH is 1. The van der Waals surface area contributed by atoms with Crippen LogP contribution >= 0.6 is 0 Å². The Hall–Kier alpha value is -1.81. The van der Waals surface area contributed by atoms with Crippen molar-refractivity contribution in [2.24, 2.45) is 0 Å². The van der Waals surface area contributed by atoms with Crippen LogP contribution in [-0.4, -0.2) is 42.2 Å². The first kappa shape index (κ1) is 15.2. The van der Waals surface area contributed by atoms with Gasteiger partial charge in [-0.2, -0.15) is 0 Å². The minimum Gasteiger partial charge on any atom is -0.493 e. The number of aliphatic hydroxyl groups is 1. The summed E-state index contributed by atoms with van der Waals surface area (Å²) in [5.74, 6) is 0.611. The number of carbonyl (C=O) groups is 1. The Bertz CT molecular complexity index is 441. The van der Waals surface area contributed by atoms with Gasteiger partial charge in [0.1, 0.15) is 5.75 Å². The van der Waals surface area contributed by atoms with Gasteiger partial charge in [-0.15, -0.1) is 0 Å². The molecule has 0 heterocycles. The largest absolute Gasteiger partial charge is 0.493 e. The molecule has 19 heavy (non-hydrogen) atoms. The van der Waals surface area contributed by atoms with Crippen LogP contribution in [0.5, 0.6) is 5.75 Å². The van der Waals surface area contributed by atoms with Crippen LogP contribution < -0.4 is 4.74 Å². The molecule has 0 radical (unpaired) electrons. The molecule has 0 aliphatic carbocycles. The predicted octanol–water partition coefficient (Wildman–Crippen LogP) is 1.94. The van der Waals surface area contributed by atoms with Crippen molar-refractivity contribution in [3.8, 4) is 5.75 Å². The second-order valence-electron chi connectivity index (χ2n) is 4.37. The van der Waals surface area contributed by atoms with Gasteiger partial charge in [0.25, 0.3) is 0 Å². The molecule has 104 valence electrons. The lowest BCUT2D eigenvalue weighted by Crippen LogP contribution is -2.31. The van der Waals surface area contributed by atoms with E-state index in [-0.39, 0.29) is 5.91 Å². The van der Waals surface area contributed by atoms with Crippen LogP contribution in [0, 0.1) is 0 Å². The third kappa shape index (κ3) is 5.14. The summed E-state index contributed by atoms with van der Waals surface area (Å²) in [5, 5.41) is 9.23. The number of nitrogens with zero attached hydrogens (tertiary/aromatic N) is 1. The highest BCUT2D eigenvalue weighted by atomic mass is 16.5. The van der Waals surface area contributed by atoms with Crippen molar-refractivity contribution in [1.82, 2.24) is 4.90 Å². The van der Waals surface area contributed by atoms with Gasteiger partial charge in [-0.3, -0.25) is 4.79 Å². The normalized spacial score (nSPS) is 12.4. The number of carbonyl (C=O) groups excluding carboxylic acids is 1. The van der Waals surface area contributed by atoms with Crippen molar-refractivity contribution in [1.29, 1.82) is 0 Å². The van der Waals surface area contributed by atoms with E-state index in [1.807, 2.05) is 31.2 Å². The van der Waals surface area contributed by atoms with Gasteiger partial charge in [-0.25, -0.2) is 0 Å². The highest BCUT2D eigenvalue weighted by Crippen LogP contribution is 2.19. The third-order valence-electron chi connectivity index (χ3n) is 2.54. The standard InChI is InChI=1S/C15H21NO3/c1-4-19-14-8-6-5-7-13(14)9-10-15(18)16(3)11-12(2)17/h5-10,12,17H,4,11H2,1-3H3. The van der Waals surface area contributed by atoms with Gasteiger partial charge in [-0.05, 0) is 26.0 Å². The summed E-state index contributed by atoms with van der Waals surface area (Å²) in [4.78, 5) is 13.3. The van der Waals surface area contributed by atoms with Crippen molar-refractivity contribution in [3.05, 3.63) is 35.9 Å². The Morgan fingerprint density at radius 1 is 1.47 bits per heavy atom. The molecule has 0 fully saturated rings. The van der Waals surface area contributed by atoms with E-state index in [9.17, 15) is 9.90 Å². The predicted molar refractivity (Wildman–Crippen MR) is 76.0 cm³/mol. The summed E-state index contributed by atoms with van der Waals surface area (Å²) in [6.45, 7) is 4.47. The third-order valence-corrected chi connectivity index (χ3v) is 2.54. The lowest BCUT2D eigenvalue weighted by Gasteiger charge is -2.16. The van der Waals surface area contributed by atoms with Crippen molar-refractivity contribution in [3.63, 3.8) is 0 Å². The zero-order valence-electron chi connectivity index (χ0n) is 11.7. The number of hydrogen-bond donors (Lipinski definition) is 1. The second-order valence-corrected chi connectivity index (χ2v) is 4.37. The molecule has 1 aromatic rings. The monoisotopic (exact) mass is 263 g/mol. The summed E-state index contributed by atoms with van der Waals surface area (Å²) < 4.78 is 5.48. The molecule has 0 saturated heterocycles. The van der Waals surface area contributed by atoms with E-state index in [2.05, 4.69) is 0 Å². The zero-order valence-corrected chi connectivity index (χ0v) is 11.7. The maximum Gasteiger partial charge on any atom is 0.246 e. The van der Waals surface area contributed by atoms with Crippen LogP contribution in [0.25, 0.3) is 6.08 Å². The van der Waals surface area contributed by atoms with E-state index < -0.39 is 6.10 Å². The molecular weight excluding hydrogens is 242 g/mol. The molecule has 1 aromatic carbocycles. The fraction of sp³-hybridized carbons (Fsp3) is 0.400. The van der Waals surface area contributed by atoms with E-state index in [1.165, 1.54) is 11.0 Å². The quantitative estimate of drug-likeness (QED) is 0.798. The number of benzene rings is 1. The summed E-state index contributed by atoms with van der Waals surface area (Å²) in [5.41, 5.74) is 0.864. The Morgan fingerprint density at radius 2 is 2.16 bits per heavy atom. The van der Waals surface area contributed by atoms with Crippen LogP contribution in [0.1, 0.15) is 19.4 Å². The van der Waals surface area contributed by atoms with Crippen LogP contribution in [0.15, 0.2) is 30.3 Å². The molecule has 1 unspecified atom stereocenters. The Labute approximate surface area is 114 Å². The van der Waals surface area contributed by atoms with Gasteiger partial charge in [0.2, 0.25) is 5.91 Å². The summed E-state index contributed by atoms with van der Waals surface area (Å²) in [6.07, 6.45) is 2.68. The number of amides is 1. The first-order chi connectivity index (χ1) is 9.04. The molecule has 1 atom stereocenters. The van der Waals surface area contributed by atoms with Crippen molar-refractivity contribution < 1.29 is 14.6 Å². The molecule has 1 amide bonds. The molecule has 0 aliphatic rings. The Kier molecular flexibility index (Phi) is 6.09. The van der Waals surface area contributed by atoms with Gasteiger partial charge < -0.3 is 14.7 Å². The molecule has 1 N–H and O–H groups in total. The molecule has 4 heteroatoms. The molecule has 0 saturated carbocycles. The zero-order chi connectivity index (χ0) is 14.3.